The summed E-state index contributed by atoms with van der Waals surface area (Å²) in [7, 11) is 1.86. The molecule has 1 aliphatic heterocycles. The molecule has 3 rings (SSSR count). The molecule has 116 valence electrons. The zero-order valence-corrected chi connectivity index (χ0v) is 12.8. The minimum absolute atomic E-state index is 0.214. The van der Waals surface area contributed by atoms with E-state index in [0.717, 1.165) is 42.8 Å². The van der Waals surface area contributed by atoms with Gasteiger partial charge >= 0.3 is 0 Å². The normalized spacial score (nSPS) is 14.5. The van der Waals surface area contributed by atoms with Gasteiger partial charge in [-0.3, -0.25) is 9.48 Å². The maximum Gasteiger partial charge on any atom is 0.222 e. The first-order valence-electron chi connectivity index (χ1n) is 7.70. The van der Waals surface area contributed by atoms with Crippen molar-refractivity contribution in [3.05, 3.63) is 41.8 Å². The van der Waals surface area contributed by atoms with Crippen LogP contribution in [0.25, 0.3) is 11.3 Å². The van der Waals surface area contributed by atoms with Crippen molar-refractivity contribution in [2.75, 3.05) is 13.1 Å². The van der Waals surface area contributed by atoms with Crippen molar-refractivity contribution in [1.82, 2.24) is 14.7 Å². The van der Waals surface area contributed by atoms with Gasteiger partial charge in [-0.05, 0) is 49.1 Å². The van der Waals surface area contributed by atoms with Crippen LogP contribution >= 0.6 is 0 Å². The van der Waals surface area contributed by atoms with Crippen LogP contribution in [0.15, 0.2) is 30.5 Å². The Hall–Kier alpha value is -2.17. The molecule has 1 amide bonds. The fourth-order valence-electron chi connectivity index (χ4n) is 2.94. The molecular weight excluding hydrogens is 281 g/mol. The lowest BCUT2D eigenvalue weighted by atomic mass is 10.0. The van der Waals surface area contributed by atoms with Gasteiger partial charge in [0.2, 0.25) is 5.91 Å². The molecule has 1 fully saturated rings. The molecule has 1 aliphatic rings. The summed E-state index contributed by atoms with van der Waals surface area (Å²) in [5, 5.41) is 4.46. The lowest BCUT2D eigenvalue weighted by molar-refractivity contribution is -0.130. The number of carbonyl (C=O) groups is 1. The van der Waals surface area contributed by atoms with Crippen LogP contribution in [-0.4, -0.2) is 33.7 Å². The van der Waals surface area contributed by atoms with Gasteiger partial charge in [0.15, 0.2) is 0 Å². The molecule has 0 aliphatic carbocycles. The highest BCUT2D eigenvalue weighted by Gasteiger charge is 2.19. The Morgan fingerprint density at radius 1 is 1.23 bits per heavy atom. The number of halogens is 1. The summed E-state index contributed by atoms with van der Waals surface area (Å²) < 4.78 is 14.8. The van der Waals surface area contributed by atoms with E-state index in [-0.39, 0.29) is 11.7 Å². The van der Waals surface area contributed by atoms with Crippen molar-refractivity contribution in [3.63, 3.8) is 0 Å². The van der Waals surface area contributed by atoms with E-state index in [4.69, 9.17) is 0 Å². The third-order valence-electron chi connectivity index (χ3n) is 4.09. The van der Waals surface area contributed by atoms with Crippen molar-refractivity contribution < 1.29 is 9.18 Å². The van der Waals surface area contributed by atoms with Crippen LogP contribution in [0, 0.1) is 5.82 Å². The Balaban J connectivity index is 1.73. The SMILES string of the molecule is Cn1cc(CCC(=O)N2CCCC2)c(-c2ccc(F)cc2)n1. The Morgan fingerprint density at radius 3 is 2.59 bits per heavy atom. The molecule has 0 N–H and O–H groups in total. The Bertz CT molecular complexity index is 657. The van der Waals surface area contributed by atoms with E-state index >= 15 is 0 Å². The molecule has 4 nitrogen and oxygen atoms in total. The zero-order valence-electron chi connectivity index (χ0n) is 12.8. The van der Waals surface area contributed by atoms with Crippen molar-refractivity contribution in [3.8, 4) is 11.3 Å². The van der Waals surface area contributed by atoms with Gasteiger partial charge in [-0.1, -0.05) is 0 Å². The average molecular weight is 301 g/mol. The predicted molar refractivity (Wildman–Crippen MR) is 82.7 cm³/mol. The minimum Gasteiger partial charge on any atom is -0.343 e. The molecule has 2 heterocycles. The standard InChI is InChI=1S/C17H20FN3O/c1-20-12-14(6-9-16(22)21-10-2-3-11-21)17(19-20)13-4-7-15(18)8-5-13/h4-5,7-8,12H,2-3,6,9-11H2,1H3. The fraction of sp³-hybridized carbons (Fsp3) is 0.412. The predicted octanol–water partition coefficient (Wildman–Crippen LogP) is 2.78. The minimum atomic E-state index is -0.259. The van der Waals surface area contributed by atoms with E-state index in [1.54, 1.807) is 16.8 Å². The molecule has 1 aromatic heterocycles. The lowest BCUT2D eigenvalue weighted by Crippen LogP contribution is -2.27. The van der Waals surface area contributed by atoms with Gasteiger partial charge in [0, 0.05) is 38.3 Å². The maximum atomic E-state index is 13.1. The monoisotopic (exact) mass is 301 g/mol. The van der Waals surface area contributed by atoms with E-state index in [1.165, 1.54) is 12.1 Å². The van der Waals surface area contributed by atoms with Crippen LogP contribution in [0.4, 0.5) is 4.39 Å². The number of aromatic nitrogens is 2. The van der Waals surface area contributed by atoms with Gasteiger partial charge in [0.1, 0.15) is 5.82 Å². The van der Waals surface area contributed by atoms with Gasteiger partial charge in [-0.25, -0.2) is 4.39 Å². The first kappa shape index (κ1) is 14.8. The van der Waals surface area contributed by atoms with E-state index in [0.29, 0.717) is 12.8 Å². The third kappa shape index (κ3) is 3.18. The summed E-state index contributed by atoms with van der Waals surface area (Å²) in [6.07, 6.45) is 5.32. The number of carbonyl (C=O) groups excluding carboxylic acids is 1. The van der Waals surface area contributed by atoms with Crippen LogP contribution in [0.1, 0.15) is 24.8 Å². The molecule has 2 aromatic rings. The second-order valence-corrected chi connectivity index (χ2v) is 5.77. The van der Waals surface area contributed by atoms with Gasteiger partial charge in [-0.2, -0.15) is 5.10 Å². The molecule has 0 saturated carbocycles. The molecule has 0 atom stereocenters. The molecule has 22 heavy (non-hydrogen) atoms. The quantitative estimate of drug-likeness (QED) is 0.871. The van der Waals surface area contributed by atoms with Crippen LogP contribution in [0.3, 0.4) is 0 Å². The number of aryl methyl sites for hydroxylation is 2. The number of rotatable bonds is 4. The topological polar surface area (TPSA) is 38.1 Å². The molecule has 0 radical (unpaired) electrons. The molecule has 0 bridgehead atoms. The van der Waals surface area contributed by atoms with Crippen LogP contribution in [-0.2, 0) is 18.3 Å². The maximum absolute atomic E-state index is 13.1. The number of hydrogen-bond donors (Lipinski definition) is 0. The number of likely N-dealkylation sites (tertiary alicyclic amines) is 1. The van der Waals surface area contributed by atoms with Crippen molar-refractivity contribution in [2.45, 2.75) is 25.7 Å². The molecule has 0 spiro atoms. The largest absolute Gasteiger partial charge is 0.343 e. The second-order valence-electron chi connectivity index (χ2n) is 5.77. The summed E-state index contributed by atoms with van der Waals surface area (Å²) in [4.78, 5) is 14.1. The number of hydrogen-bond acceptors (Lipinski definition) is 2. The first-order chi connectivity index (χ1) is 10.6. The molecule has 0 unspecified atom stereocenters. The summed E-state index contributed by atoms with van der Waals surface area (Å²) in [5.41, 5.74) is 2.74. The van der Waals surface area contributed by atoms with Crippen LogP contribution in [0.2, 0.25) is 0 Å². The van der Waals surface area contributed by atoms with Crippen molar-refractivity contribution in [2.24, 2.45) is 7.05 Å². The summed E-state index contributed by atoms with van der Waals surface area (Å²) in [6.45, 7) is 1.77. The van der Waals surface area contributed by atoms with E-state index in [9.17, 15) is 9.18 Å². The number of amides is 1. The number of nitrogens with zero attached hydrogens (tertiary/aromatic N) is 3. The smallest absolute Gasteiger partial charge is 0.222 e. The van der Waals surface area contributed by atoms with Gasteiger partial charge in [0.25, 0.3) is 0 Å². The number of benzene rings is 1. The average Bonchev–Trinajstić information content (AvgIpc) is 3.15. The molecular formula is C17H20FN3O. The summed E-state index contributed by atoms with van der Waals surface area (Å²) in [6, 6.07) is 6.32. The lowest BCUT2D eigenvalue weighted by Gasteiger charge is -2.14. The summed E-state index contributed by atoms with van der Waals surface area (Å²) in [5.74, 6) is -0.0446. The zero-order chi connectivity index (χ0) is 15.5. The Morgan fingerprint density at radius 2 is 1.91 bits per heavy atom. The van der Waals surface area contributed by atoms with Crippen LogP contribution in [0.5, 0.6) is 0 Å². The Labute approximate surface area is 129 Å². The molecule has 1 saturated heterocycles. The Kier molecular flexibility index (Phi) is 4.22. The highest BCUT2D eigenvalue weighted by atomic mass is 19.1. The molecule has 1 aromatic carbocycles. The van der Waals surface area contributed by atoms with Crippen LogP contribution < -0.4 is 0 Å². The van der Waals surface area contributed by atoms with E-state index < -0.39 is 0 Å². The highest BCUT2D eigenvalue weighted by molar-refractivity contribution is 5.77. The van der Waals surface area contributed by atoms with Gasteiger partial charge in [-0.15, -0.1) is 0 Å². The van der Waals surface area contributed by atoms with Gasteiger partial charge in [0.05, 0.1) is 5.69 Å². The third-order valence-corrected chi connectivity index (χ3v) is 4.09. The summed E-state index contributed by atoms with van der Waals surface area (Å²) >= 11 is 0. The first-order valence-corrected chi connectivity index (χ1v) is 7.70. The van der Waals surface area contributed by atoms with E-state index in [1.807, 2.05) is 18.1 Å². The fourth-order valence-corrected chi connectivity index (χ4v) is 2.94. The second kappa shape index (κ2) is 6.30. The highest BCUT2D eigenvalue weighted by Crippen LogP contribution is 2.23. The molecule has 5 heteroatoms. The van der Waals surface area contributed by atoms with Crippen molar-refractivity contribution in [1.29, 1.82) is 0 Å². The van der Waals surface area contributed by atoms with Crippen molar-refractivity contribution >= 4 is 5.91 Å². The van der Waals surface area contributed by atoms with E-state index in [2.05, 4.69) is 5.10 Å². The van der Waals surface area contributed by atoms with Gasteiger partial charge < -0.3 is 4.90 Å².